The first-order chi connectivity index (χ1) is 7.42. The molecule has 0 bridgehead atoms. The van der Waals surface area contributed by atoms with Crippen LogP contribution >= 0.6 is 0 Å². The van der Waals surface area contributed by atoms with E-state index in [1.807, 2.05) is 24.3 Å². The van der Waals surface area contributed by atoms with Crippen LogP contribution in [0.15, 0.2) is 43.0 Å². The van der Waals surface area contributed by atoms with Crippen LogP contribution in [0.2, 0.25) is 0 Å². The van der Waals surface area contributed by atoms with E-state index in [2.05, 4.69) is 18.7 Å². The zero-order chi connectivity index (χ0) is 10.5. The van der Waals surface area contributed by atoms with Gasteiger partial charge in [0, 0.05) is 19.0 Å². The summed E-state index contributed by atoms with van der Waals surface area (Å²) in [5, 5.41) is 0. The normalized spacial score (nSPS) is 18.5. The zero-order valence-corrected chi connectivity index (χ0v) is 8.76. The summed E-state index contributed by atoms with van der Waals surface area (Å²) in [4.78, 5) is 0. The van der Waals surface area contributed by atoms with Gasteiger partial charge in [0.15, 0.2) is 0 Å². The highest BCUT2D eigenvalue weighted by Gasteiger charge is 2.31. The summed E-state index contributed by atoms with van der Waals surface area (Å²) in [6.07, 6.45) is 2.88. The summed E-state index contributed by atoms with van der Waals surface area (Å²) in [6.45, 7) is 5.41. The third kappa shape index (κ3) is 2.49. The molecule has 0 amide bonds. The van der Waals surface area contributed by atoms with Crippen molar-refractivity contribution in [3.8, 4) is 0 Å². The fourth-order valence-electron chi connectivity index (χ4n) is 1.79. The Kier molecular flexibility index (Phi) is 3.59. The Balaban J connectivity index is 2.12. The van der Waals surface area contributed by atoms with Crippen molar-refractivity contribution in [3.05, 3.63) is 48.6 Å². The molecule has 3 heteroatoms. The van der Waals surface area contributed by atoms with E-state index in [0.29, 0.717) is 0 Å². The highest BCUT2D eigenvalue weighted by atomic mass is 16.6. The highest BCUT2D eigenvalue weighted by molar-refractivity contribution is 6.47. The molecule has 1 aliphatic heterocycles. The van der Waals surface area contributed by atoms with Crippen LogP contribution in [0, 0.1) is 0 Å². The Morgan fingerprint density at radius 1 is 1.20 bits per heavy atom. The average Bonchev–Trinajstić information content (AvgIpc) is 2.33. The molecule has 0 radical (unpaired) electrons. The van der Waals surface area contributed by atoms with E-state index in [9.17, 15) is 0 Å². The molecule has 0 N–H and O–H groups in total. The Morgan fingerprint density at radius 2 is 1.87 bits per heavy atom. The Bertz CT molecular complexity index is 307. The predicted octanol–water partition coefficient (Wildman–Crippen LogP) is 2.42. The molecule has 1 aromatic carbocycles. The van der Waals surface area contributed by atoms with Crippen LogP contribution in [-0.2, 0) is 9.31 Å². The minimum Gasteiger partial charge on any atom is -0.410 e. The van der Waals surface area contributed by atoms with Crippen molar-refractivity contribution in [1.82, 2.24) is 0 Å². The second-order valence-corrected chi connectivity index (χ2v) is 3.64. The van der Waals surface area contributed by atoms with Crippen molar-refractivity contribution in [3.63, 3.8) is 0 Å². The molecule has 1 fully saturated rings. The van der Waals surface area contributed by atoms with E-state index in [0.717, 1.165) is 19.6 Å². The van der Waals surface area contributed by atoms with Gasteiger partial charge in [0.1, 0.15) is 0 Å². The van der Waals surface area contributed by atoms with Crippen LogP contribution in [0.1, 0.15) is 17.8 Å². The first-order valence-corrected chi connectivity index (χ1v) is 5.32. The van der Waals surface area contributed by atoms with Gasteiger partial charge in [0.05, 0.1) is 0 Å². The monoisotopic (exact) mass is 202 g/mol. The molecular formula is C12H15BO2. The van der Waals surface area contributed by atoms with Gasteiger partial charge in [0.2, 0.25) is 0 Å². The van der Waals surface area contributed by atoms with Crippen LogP contribution in [0.25, 0.3) is 0 Å². The van der Waals surface area contributed by atoms with Crippen molar-refractivity contribution >= 4 is 7.12 Å². The lowest BCUT2D eigenvalue weighted by molar-refractivity contribution is 0.130. The molecule has 1 saturated heterocycles. The van der Waals surface area contributed by atoms with Gasteiger partial charge in [-0.1, -0.05) is 36.4 Å². The van der Waals surface area contributed by atoms with Crippen LogP contribution in [-0.4, -0.2) is 20.3 Å². The molecule has 15 heavy (non-hydrogen) atoms. The fourth-order valence-corrected chi connectivity index (χ4v) is 1.79. The Morgan fingerprint density at radius 3 is 2.47 bits per heavy atom. The maximum absolute atomic E-state index is 5.59. The van der Waals surface area contributed by atoms with Gasteiger partial charge in [0.25, 0.3) is 0 Å². The van der Waals surface area contributed by atoms with Crippen molar-refractivity contribution < 1.29 is 9.31 Å². The summed E-state index contributed by atoms with van der Waals surface area (Å²) >= 11 is 0. The molecule has 0 aliphatic carbocycles. The number of benzene rings is 1. The van der Waals surface area contributed by atoms with Gasteiger partial charge in [-0.2, -0.15) is 0 Å². The SMILES string of the molecule is C=CC(B1OCCCO1)c1ccccc1. The summed E-state index contributed by atoms with van der Waals surface area (Å²) in [7, 11) is -0.168. The van der Waals surface area contributed by atoms with E-state index in [1.54, 1.807) is 0 Å². The quantitative estimate of drug-likeness (QED) is 0.553. The molecule has 1 aliphatic rings. The van der Waals surface area contributed by atoms with Gasteiger partial charge in [-0.15, -0.1) is 6.58 Å². The number of hydrogen-bond acceptors (Lipinski definition) is 2. The number of allylic oxidation sites excluding steroid dienone is 1. The van der Waals surface area contributed by atoms with Crippen molar-refractivity contribution in [2.45, 2.75) is 12.2 Å². The Hall–Kier alpha value is -1.06. The largest absolute Gasteiger partial charge is 0.468 e. The molecular weight excluding hydrogens is 187 g/mol. The number of hydrogen-bond donors (Lipinski definition) is 0. The molecule has 1 heterocycles. The smallest absolute Gasteiger partial charge is 0.410 e. The number of rotatable bonds is 3. The lowest BCUT2D eigenvalue weighted by atomic mass is 9.67. The average molecular weight is 202 g/mol. The molecule has 78 valence electrons. The van der Waals surface area contributed by atoms with Gasteiger partial charge in [-0.05, 0) is 12.0 Å². The molecule has 0 saturated carbocycles. The van der Waals surface area contributed by atoms with Crippen molar-refractivity contribution in [2.75, 3.05) is 13.2 Å². The van der Waals surface area contributed by atoms with E-state index < -0.39 is 0 Å². The van der Waals surface area contributed by atoms with Crippen LogP contribution < -0.4 is 0 Å². The van der Waals surface area contributed by atoms with Gasteiger partial charge in [-0.3, -0.25) is 0 Å². The first-order valence-electron chi connectivity index (χ1n) is 5.32. The van der Waals surface area contributed by atoms with Gasteiger partial charge in [-0.25, -0.2) is 0 Å². The maximum atomic E-state index is 5.59. The molecule has 1 atom stereocenters. The van der Waals surface area contributed by atoms with Gasteiger partial charge >= 0.3 is 7.12 Å². The maximum Gasteiger partial charge on any atom is 0.468 e. The molecule has 0 aromatic heterocycles. The molecule has 0 spiro atoms. The summed E-state index contributed by atoms with van der Waals surface area (Å²) in [6, 6.07) is 10.2. The van der Waals surface area contributed by atoms with E-state index in [-0.39, 0.29) is 12.9 Å². The summed E-state index contributed by atoms with van der Waals surface area (Å²) in [5.74, 6) is 0.131. The third-order valence-corrected chi connectivity index (χ3v) is 2.58. The second-order valence-electron chi connectivity index (χ2n) is 3.64. The lowest BCUT2D eigenvalue weighted by Crippen LogP contribution is -2.35. The van der Waals surface area contributed by atoms with E-state index in [1.165, 1.54) is 5.56 Å². The lowest BCUT2D eigenvalue weighted by Gasteiger charge is -2.25. The van der Waals surface area contributed by atoms with Crippen molar-refractivity contribution in [2.24, 2.45) is 0 Å². The third-order valence-electron chi connectivity index (χ3n) is 2.58. The zero-order valence-electron chi connectivity index (χ0n) is 8.76. The van der Waals surface area contributed by atoms with Crippen LogP contribution in [0.5, 0.6) is 0 Å². The first kappa shape index (κ1) is 10.5. The molecule has 1 aromatic rings. The van der Waals surface area contributed by atoms with Gasteiger partial charge < -0.3 is 9.31 Å². The molecule has 2 rings (SSSR count). The minimum atomic E-state index is -0.168. The summed E-state index contributed by atoms with van der Waals surface area (Å²) in [5.41, 5.74) is 1.19. The fraction of sp³-hybridized carbons (Fsp3) is 0.333. The summed E-state index contributed by atoms with van der Waals surface area (Å²) < 4.78 is 11.2. The van der Waals surface area contributed by atoms with E-state index >= 15 is 0 Å². The standard InChI is InChI=1S/C12H15BO2/c1-2-12(11-7-4-3-5-8-11)13-14-9-6-10-15-13/h2-5,7-8,12H,1,6,9-10H2. The van der Waals surface area contributed by atoms with Crippen molar-refractivity contribution in [1.29, 1.82) is 0 Å². The topological polar surface area (TPSA) is 18.5 Å². The minimum absolute atomic E-state index is 0.131. The molecule has 1 unspecified atom stereocenters. The molecule has 2 nitrogen and oxygen atoms in total. The predicted molar refractivity (Wildman–Crippen MR) is 61.7 cm³/mol. The highest BCUT2D eigenvalue weighted by Crippen LogP contribution is 2.23. The second kappa shape index (κ2) is 5.15. The van der Waals surface area contributed by atoms with Crippen LogP contribution in [0.4, 0.5) is 0 Å². The van der Waals surface area contributed by atoms with E-state index in [4.69, 9.17) is 9.31 Å². The van der Waals surface area contributed by atoms with Crippen LogP contribution in [0.3, 0.4) is 0 Å². The Labute approximate surface area is 91.0 Å².